The molecule has 0 bridgehead atoms. The number of rotatable bonds is 11. The lowest BCUT2D eigenvalue weighted by Gasteiger charge is -2.29. The van der Waals surface area contributed by atoms with Gasteiger partial charge < -0.3 is 19.5 Å². The average Bonchev–Trinajstić information content (AvgIpc) is 2.82. The number of alkyl halides is 1. The van der Waals surface area contributed by atoms with Gasteiger partial charge in [-0.25, -0.2) is 4.79 Å². The van der Waals surface area contributed by atoms with Gasteiger partial charge in [0.1, 0.15) is 35.3 Å². The number of halogens is 1. The molecule has 0 saturated carbocycles. The fourth-order valence-electron chi connectivity index (χ4n) is 3.15. The molecule has 0 radical (unpaired) electrons. The Bertz CT molecular complexity index is 1060. The number of benzene rings is 2. The Morgan fingerprint density at radius 3 is 2.53 bits per heavy atom. The molecule has 7 heteroatoms. The van der Waals surface area contributed by atoms with Gasteiger partial charge in [0.2, 0.25) is 5.88 Å². The van der Waals surface area contributed by atoms with Crippen molar-refractivity contribution in [2.24, 2.45) is 0 Å². The van der Waals surface area contributed by atoms with Crippen molar-refractivity contribution in [2.45, 2.75) is 18.5 Å². The first-order valence-corrected chi connectivity index (χ1v) is 11.1. The van der Waals surface area contributed by atoms with Crippen LogP contribution in [0.1, 0.15) is 33.4 Å². The first-order valence-electron chi connectivity index (χ1n) is 10.2. The van der Waals surface area contributed by atoms with Crippen molar-refractivity contribution in [2.75, 3.05) is 18.1 Å². The highest BCUT2D eigenvalue weighted by molar-refractivity contribution is 9.09. The maximum atomic E-state index is 11.5. The van der Waals surface area contributed by atoms with E-state index >= 15 is 0 Å². The second kappa shape index (κ2) is 11.3. The zero-order chi connectivity index (χ0) is 22.9. The van der Waals surface area contributed by atoms with Crippen molar-refractivity contribution in [3.05, 3.63) is 96.1 Å². The normalized spacial score (nSPS) is 11.4. The SMILES string of the molecule is C=CCOc1nc(N(CC)C(Br)c2ccccc2OCc2ccccc2)ccc1C(=O)O. The molecule has 1 N–H and O–H groups in total. The van der Waals surface area contributed by atoms with Gasteiger partial charge in [0.25, 0.3) is 0 Å². The van der Waals surface area contributed by atoms with Crippen molar-refractivity contribution in [3.8, 4) is 11.6 Å². The van der Waals surface area contributed by atoms with Gasteiger partial charge >= 0.3 is 5.97 Å². The van der Waals surface area contributed by atoms with Crippen LogP contribution in [0.15, 0.2) is 79.4 Å². The molecule has 0 aliphatic rings. The van der Waals surface area contributed by atoms with Crippen LogP contribution in [0.3, 0.4) is 0 Å². The van der Waals surface area contributed by atoms with E-state index in [9.17, 15) is 9.90 Å². The highest BCUT2D eigenvalue weighted by atomic mass is 79.9. The van der Waals surface area contributed by atoms with E-state index in [0.29, 0.717) is 19.0 Å². The average molecular weight is 497 g/mol. The summed E-state index contributed by atoms with van der Waals surface area (Å²) in [5.74, 6) is 0.293. The second-order valence-corrected chi connectivity index (χ2v) is 7.73. The molecular formula is C25H25BrN2O4. The third kappa shape index (κ3) is 5.68. The number of hydrogen-bond donors (Lipinski definition) is 1. The van der Waals surface area contributed by atoms with Gasteiger partial charge in [0, 0.05) is 12.1 Å². The summed E-state index contributed by atoms with van der Waals surface area (Å²) in [6.45, 7) is 6.84. The van der Waals surface area contributed by atoms with Crippen LogP contribution >= 0.6 is 15.9 Å². The van der Waals surface area contributed by atoms with Crippen LogP contribution in [0.25, 0.3) is 0 Å². The Balaban J connectivity index is 1.88. The molecule has 1 aromatic heterocycles. The Labute approximate surface area is 196 Å². The molecule has 0 fully saturated rings. The number of anilines is 1. The van der Waals surface area contributed by atoms with E-state index in [1.165, 1.54) is 6.07 Å². The van der Waals surface area contributed by atoms with Crippen LogP contribution in [0.4, 0.5) is 5.82 Å². The lowest BCUT2D eigenvalue weighted by molar-refractivity contribution is 0.0692. The monoisotopic (exact) mass is 496 g/mol. The van der Waals surface area contributed by atoms with E-state index in [0.717, 1.165) is 16.9 Å². The smallest absolute Gasteiger partial charge is 0.341 e. The minimum atomic E-state index is -1.10. The number of carboxylic acids is 1. The summed E-state index contributed by atoms with van der Waals surface area (Å²) in [6, 6.07) is 21.0. The molecule has 0 aliphatic carbocycles. The number of aromatic carboxylic acids is 1. The molecule has 6 nitrogen and oxygen atoms in total. The molecule has 1 heterocycles. The van der Waals surface area contributed by atoms with Gasteiger partial charge in [-0.15, -0.1) is 0 Å². The first-order chi connectivity index (χ1) is 15.5. The maximum absolute atomic E-state index is 11.5. The number of pyridine rings is 1. The van der Waals surface area contributed by atoms with Crippen LogP contribution in [-0.2, 0) is 6.61 Å². The van der Waals surface area contributed by atoms with Gasteiger partial charge in [-0.2, -0.15) is 4.98 Å². The van der Waals surface area contributed by atoms with Crippen molar-refractivity contribution >= 4 is 27.7 Å². The lowest BCUT2D eigenvalue weighted by atomic mass is 10.1. The van der Waals surface area contributed by atoms with Crippen LogP contribution < -0.4 is 14.4 Å². The predicted molar refractivity (Wildman–Crippen MR) is 129 cm³/mol. The summed E-state index contributed by atoms with van der Waals surface area (Å²) in [4.78, 5) is 17.8. The third-order valence-electron chi connectivity index (χ3n) is 4.74. The summed E-state index contributed by atoms with van der Waals surface area (Å²) in [7, 11) is 0. The number of nitrogens with zero attached hydrogens (tertiary/aromatic N) is 2. The van der Waals surface area contributed by atoms with Crippen LogP contribution in [0.5, 0.6) is 11.6 Å². The molecule has 1 atom stereocenters. The largest absolute Gasteiger partial charge is 0.489 e. The summed E-state index contributed by atoms with van der Waals surface area (Å²) >= 11 is 3.78. The Kier molecular flexibility index (Phi) is 8.27. The first kappa shape index (κ1) is 23.3. The quantitative estimate of drug-likeness (QED) is 0.204. The molecule has 0 saturated heterocycles. The molecule has 166 valence electrons. The van der Waals surface area contributed by atoms with E-state index in [2.05, 4.69) is 27.5 Å². The summed E-state index contributed by atoms with van der Waals surface area (Å²) in [6.07, 6.45) is 1.55. The zero-order valence-corrected chi connectivity index (χ0v) is 19.4. The van der Waals surface area contributed by atoms with E-state index < -0.39 is 5.97 Å². The summed E-state index contributed by atoms with van der Waals surface area (Å²) in [5, 5.41) is 9.44. The molecule has 1 unspecified atom stereocenters. The Morgan fingerprint density at radius 1 is 1.12 bits per heavy atom. The van der Waals surface area contributed by atoms with Crippen LogP contribution in [-0.4, -0.2) is 29.2 Å². The number of carboxylic acid groups (broad SMARTS) is 1. The molecule has 0 spiro atoms. The molecule has 0 amide bonds. The molecule has 32 heavy (non-hydrogen) atoms. The number of para-hydroxylation sites is 1. The second-order valence-electron chi connectivity index (χ2n) is 6.86. The van der Waals surface area contributed by atoms with Crippen LogP contribution in [0, 0.1) is 0 Å². The highest BCUT2D eigenvalue weighted by Crippen LogP contribution is 2.37. The molecular weight excluding hydrogens is 472 g/mol. The molecule has 3 rings (SSSR count). The van der Waals surface area contributed by atoms with Gasteiger partial charge in [0.05, 0.1) is 0 Å². The number of aromatic nitrogens is 1. The summed E-state index contributed by atoms with van der Waals surface area (Å²) < 4.78 is 11.6. The number of ether oxygens (including phenoxy) is 2. The number of hydrogen-bond acceptors (Lipinski definition) is 5. The standard InChI is InChI=1S/C25H25BrN2O4/c1-3-16-31-24-20(25(29)30)14-15-22(27-24)28(4-2)23(26)19-12-8-9-13-21(19)32-17-18-10-6-5-7-11-18/h3,5-15,23H,1,4,16-17H2,2H3,(H,29,30). The van der Waals surface area contributed by atoms with E-state index in [-0.39, 0.29) is 23.0 Å². The predicted octanol–water partition coefficient (Wildman–Crippen LogP) is 5.84. The zero-order valence-electron chi connectivity index (χ0n) is 17.8. The number of carbonyl (C=O) groups is 1. The Morgan fingerprint density at radius 2 is 1.84 bits per heavy atom. The van der Waals surface area contributed by atoms with Crippen LogP contribution in [0.2, 0.25) is 0 Å². The maximum Gasteiger partial charge on any atom is 0.341 e. The van der Waals surface area contributed by atoms with Crippen molar-refractivity contribution in [1.29, 1.82) is 0 Å². The molecule has 2 aromatic carbocycles. The van der Waals surface area contributed by atoms with Gasteiger partial charge in [0.15, 0.2) is 0 Å². The Hall–Kier alpha value is -3.32. The minimum Gasteiger partial charge on any atom is -0.489 e. The van der Waals surface area contributed by atoms with E-state index in [1.54, 1.807) is 12.1 Å². The van der Waals surface area contributed by atoms with Gasteiger partial charge in [-0.3, -0.25) is 0 Å². The topological polar surface area (TPSA) is 71.9 Å². The minimum absolute atomic E-state index is 0.00405. The van der Waals surface area contributed by atoms with Crippen molar-refractivity contribution in [1.82, 2.24) is 4.98 Å². The third-order valence-corrected chi connectivity index (χ3v) is 5.72. The summed E-state index contributed by atoms with van der Waals surface area (Å²) in [5.41, 5.74) is 2.02. The van der Waals surface area contributed by atoms with Gasteiger partial charge in [-0.1, -0.05) is 77.1 Å². The molecule has 0 aliphatic heterocycles. The fraction of sp³-hybridized carbons (Fsp3) is 0.200. The molecule has 3 aromatic rings. The van der Waals surface area contributed by atoms with E-state index in [1.807, 2.05) is 66.4 Å². The fourth-order valence-corrected chi connectivity index (χ4v) is 4.03. The van der Waals surface area contributed by atoms with Gasteiger partial charge in [-0.05, 0) is 30.7 Å². The van der Waals surface area contributed by atoms with Crippen molar-refractivity contribution in [3.63, 3.8) is 0 Å². The van der Waals surface area contributed by atoms with Crippen molar-refractivity contribution < 1.29 is 19.4 Å². The highest BCUT2D eigenvalue weighted by Gasteiger charge is 2.23. The lowest BCUT2D eigenvalue weighted by Crippen LogP contribution is -2.26. The van der Waals surface area contributed by atoms with E-state index in [4.69, 9.17) is 9.47 Å².